The molecule has 2 N–H and O–H groups in total. The fourth-order valence-corrected chi connectivity index (χ4v) is 2.30. The molecular weight excluding hydrogens is 344 g/mol. The quantitative estimate of drug-likeness (QED) is 0.557. The van der Waals surface area contributed by atoms with Gasteiger partial charge in [0, 0.05) is 10.0 Å². The molecule has 1 aromatic heterocycles. The molecule has 22 heavy (non-hydrogen) atoms. The van der Waals surface area contributed by atoms with Gasteiger partial charge in [0.2, 0.25) is 0 Å². The van der Waals surface area contributed by atoms with E-state index < -0.39 is 0 Å². The van der Waals surface area contributed by atoms with Crippen molar-refractivity contribution in [2.45, 2.75) is 6.92 Å². The van der Waals surface area contributed by atoms with Crippen molar-refractivity contribution in [1.82, 2.24) is 15.4 Å². The standard InChI is InChI=1S/C16H13BrN4O/c1-10(11-2-5-13(17)6-3-11)20-21-16(22)12-4-7-14-15(8-12)19-9-18-14/h2-9H,1H3,(H,18,19)(H,21,22)/b20-10+. The minimum atomic E-state index is -0.257. The van der Waals surface area contributed by atoms with Gasteiger partial charge in [-0.3, -0.25) is 4.79 Å². The van der Waals surface area contributed by atoms with Crippen molar-refractivity contribution in [2.24, 2.45) is 5.10 Å². The third-order valence-corrected chi connectivity index (χ3v) is 3.80. The molecule has 0 aliphatic rings. The van der Waals surface area contributed by atoms with Crippen LogP contribution in [-0.2, 0) is 0 Å². The van der Waals surface area contributed by atoms with Crippen LogP contribution in [0.4, 0.5) is 0 Å². The van der Waals surface area contributed by atoms with Crippen molar-refractivity contribution in [3.05, 3.63) is 64.4 Å². The van der Waals surface area contributed by atoms with Gasteiger partial charge < -0.3 is 4.98 Å². The van der Waals surface area contributed by atoms with Gasteiger partial charge in [0.15, 0.2) is 0 Å². The lowest BCUT2D eigenvalue weighted by molar-refractivity contribution is 0.0955. The fourth-order valence-electron chi connectivity index (χ4n) is 2.03. The number of hydrogen-bond acceptors (Lipinski definition) is 3. The molecular formula is C16H13BrN4O. The summed E-state index contributed by atoms with van der Waals surface area (Å²) in [6.07, 6.45) is 1.60. The third-order valence-electron chi connectivity index (χ3n) is 3.27. The molecule has 0 radical (unpaired) electrons. The highest BCUT2D eigenvalue weighted by molar-refractivity contribution is 9.10. The van der Waals surface area contributed by atoms with E-state index in [1.807, 2.05) is 31.2 Å². The molecule has 5 nitrogen and oxygen atoms in total. The molecule has 2 aromatic carbocycles. The zero-order valence-corrected chi connectivity index (χ0v) is 13.4. The summed E-state index contributed by atoms with van der Waals surface area (Å²) < 4.78 is 1.00. The number of benzene rings is 2. The van der Waals surface area contributed by atoms with Crippen LogP contribution in [0.5, 0.6) is 0 Å². The Balaban J connectivity index is 1.75. The summed E-state index contributed by atoms with van der Waals surface area (Å²) in [6.45, 7) is 1.85. The Hall–Kier alpha value is -2.47. The number of nitrogens with one attached hydrogen (secondary N) is 2. The van der Waals surface area contributed by atoms with E-state index in [4.69, 9.17) is 0 Å². The maximum Gasteiger partial charge on any atom is 0.271 e. The summed E-state index contributed by atoms with van der Waals surface area (Å²) in [6, 6.07) is 13.0. The lowest BCUT2D eigenvalue weighted by Gasteiger charge is -2.03. The molecule has 6 heteroatoms. The Bertz CT molecular complexity index is 852. The second-order valence-corrected chi connectivity index (χ2v) is 5.70. The van der Waals surface area contributed by atoms with Crippen LogP contribution in [0.2, 0.25) is 0 Å². The van der Waals surface area contributed by atoms with Gasteiger partial charge in [-0.2, -0.15) is 5.10 Å². The first-order valence-electron chi connectivity index (χ1n) is 6.67. The van der Waals surface area contributed by atoms with E-state index in [1.54, 1.807) is 24.5 Å². The van der Waals surface area contributed by atoms with Crippen molar-refractivity contribution < 1.29 is 4.79 Å². The number of rotatable bonds is 3. The van der Waals surface area contributed by atoms with Crippen molar-refractivity contribution in [2.75, 3.05) is 0 Å². The van der Waals surface area contributed by atoms with Crippen LogP contribution in [0.15, 0.2) is 58.4 Å². The average molecular weight is 357 g/mol. The topological polar surface area (TPSA) is 70.1 Å². The van der Waals surface area contributed by atoms with E-state index in [1.165, 1.54) is 0 Å². The second kappa shape index (κ2) is 6.11. The number of hydrazone groups is 1. The van der Waals surface area contributed by atoms with Crippen molar-refractivity contribution in [3.63, 3.8) is 0 Å². The number of imidazole rings is 1. The van der Waals surface area contributed by atoms with Gasteiger partial charge in [-0.05, 0) is 42.8 Å². The molecule has 0 atom stereocenters. The van der Waals surface area contributed by atoms with E-state index in [0.29, 0.717) is 5.56 Å². The van der Waals surface area contributed by atoms with Gasteiger partial charge in [0.25, 0.3) is 5.91 Å². The summed E-state index contributed by atoms with van der Waals surface area (Å²) in [5.41, 5.74) is 6.44. The molecule has 0 saturated heterocycles. The van der Waals surface area contributed by atoms with Crippen LogP contribution < -0.4 is 5.43 Å². The van der Waals surface area contributed by atoms with E-state index >= 15 is 0 Å². The first kappa shape index (κ1) is 14.5. The molecule has 0 bridgehead atoms. The molecule has 1 heterocycles. The highest BCUT2D eigenvalue weighted by Gasteiger charge is 2.07. The van der Waals surface area contributed by atoms with E-state index in [2.05, 4.69) is 36.4 Å². The fraction of sp³-hybridized carbons (Fsp3) is 0.0625. The number of hydrogen-bond donors (Lipinski definition) is 2. The number of halogens is 1. The van der Waals surface area contributed by atoms with Gasteiger partial charge in [0.1, 0.15) is 0 Å². The number of carbonyl (C=O) groups is 1. The molecule has 0 unspecified atom stereocenters. The monoisotopic (exact) mass is 356 g/mol. The normalized spacial score (nSPS) is 11.6. The van der Waals surface area contributed by atoms with Crippen molar-refractivity contribution in [3.8, 4) is 0 Å². The van der Waals surface area contributed by atoms with E-state index in [9.17, 15) is 4.79 Å². The number of H-pyrrole nitrogens is 1. The van der Waals surface area contributed by atoms with Gasteiger partial charge in [-0.25, -0.2) is 10.4 Å². The molecule has 0 spiro atoms. The Morgan fingerprint density at radius 3 is 2.68 bits per heavy atom. The summed E-state index contributed by atoms with van der Waals surface area (Å²) in [7, 11) is 0. The largest absolute Gasteiger partial charge is 0.345 e. The Morgan fingerprint density at radius 1 is 1.18 bits per heavy atom. The predicted molar refractivity (Wildman–Crippen MR) is 89.9 cm³/mol. The summed E-state index contributed by atoms with van der Waals surface area (Å²) in [5, 5.41) is 4.14. The van der Waals surface area contributed by atoms with Crippen LogP contribution in [0.1, 0.15) is 22.8 Å². The van der Waals surface area contributed by atoms with Crippen molar-refractivity contribution in [1.29, 1.82) is 0 Å². The predicted octanol–water partition coefficient (Wildman–Crippen LogP) is 3.48. The minimum absolute atomic E-state index is 0.257. The number of carbonyl (C=O) groups excluding carboxylic acids is 1. The lowest BCUT2D eigenvalue weighted by atomic mass is 10.1. The summed E-state index contributed by atoms with van der Waals surface area (Å²) in [4.78, 5) is 19.2. The molecule has 0 aliphatic heterocycles. The minimum Gasteiger partial charge on any atom is -0.345 e. The Morgan fingerprint density at radius 2 is 1.91 bits per heavy atom. The molecule has 110 valence electrons. The average Bonchev–Trinajstić information content (AvgIpc) is 3.00. The number of nitrogens with zero attached hydrogens (tertiary/aromatic N) is 2. The second-order valence-electron chi connectivity index (χ2n) is 4.78. The third kappa shape index (κ3) is 3.07. The molecule has 0 saturated carbocycles. The first-order chi connectivity index (χ1) is 10.6. The number of aromatic amines is 1. The highest BCUT2D eigenvalue weighted by atomic mass is 79.9. The SMILES string of the molecule is C/C(=N\NC(=O)c1ccc2nc[nH]c2c1)c1ccc(Br)cc1. The molecule has 1 amide bonds. The van der Waals surface area contributed by atoms with E-state index in [0.717, 1.165) is 26.8 Å². The Kier molecular flexibility index (Phi) is 4.02. The molecule has 3 aromatic rings. The summed E-state index contributed by atoms with van der Waals surface area (Å²) in [5.74, 6) is -0.257. The zero-order valence-electron chi connectivity index (χ0n) is 11.8. The molecule has 3 rings (SSSR count). The van der Waals surface area contributed by atoms with Crippen LogP contribution in [0, 0.1) is 0 Å². The van der Waals surface area contributed by atoms with Gasteiger partial charge in [-0.1, -0.05) is 28.1 Å². The first-order valence-corrected chi connectivity index (χ1v) is 7.46. The number of aromatic nitrogens is 2. The van der Waals surface area contributed by atoms with Gasteiger partial charge in [-0.15, -0.1) is 0 Å². The van der Waals surface area contributed by atoms with Crippen LogP contribution in [0.3, 0.4) is 0 Å². The summed E-state index contributed by atoms with van der Waals surface area (Å²) >= 11 is 3.39. The van der Waals surface area contributed by atoms with Crippen LogP contribution >= 0.6 is 15.9 Å². The molecule has 0 fully saturated rings. The van der Waals surface area contributed by atoms with Crippen LogP contribution in [0.25, 0.3) is 11.0 Å². The number of amides is 1. The molecule has 0 aliphatic carbocycles. The smallest absolute Gasteiger partial charge is 0.271 e. The maximum atomic E-state index is 12.1. The number of fused-ring (bicyclic) bond motifs is 1. The maximum absolute atomic E-state index is 12.1. The Labute approximate surface area is 135 Å². The zero-order chi connectivity index (χ0) is 15.5. The van der Waals surface area contributed by atoms with Gasteiger partial charge in [0.05, 0.1) is 23.1 Å². The highest BCUT2D eigenvalue weighted by Crippen LogP contribution is 2.12. The van der Waals surface area contributed by atoms with E-state index in [-0.39, 0.29) is 5.91 Å². The lowest BCUT2D eigenvalue weighted by Crippen LogP contribution is -2.19. The van der Waals surface area contributed by atoms with Crippen LogP contribution in [-0.4, -0.2) is 21.6 Å². The van der Waals surface area contributed by atoms with Gasteiger partial charge >= 0.3 is 0 Å². The van der Waals surface area contributed by atoms with Crippen molar-refractivity contribution >= 4 is 38.6 Å².